The average molecular weight is 266 g/mol. The predicted molar refractivity (Wildman–Crippen MR) is 71.7 cm³/mol. The maximum Gasteiger partial charge on any atom is 0.198 e. The lowest BCUT2D eigenvalue weighted by molar-refractivity contribution is 0.147. The van der Waals surface area contributed by atoms with Crippen molar-refractivity contribution < 1.29 is 9.52 Å². The zero-order valence-corrected chi connectivity index (χ0v) is 10.9. The van der Waals surface area contributed by atoms with Crippen molar-refractivity contribution in [2.75, 3.05) is 6.54 Å². The second-order valence-electron chi connectivity index (χ2n) is 4.35. The summed E-state index contributed by atoms with van der Waals surface area (Å²) in [6.07, 6.45) is 0.702. The molecule has 96 valence electrons. The Kier molecular flexibility index (Phi) is 4.07. The number of furan rings is 1. The van der Waals surface area contributed by atoms with Gasteiger partial charge in [-0.2, -0.15) is 0 Å². The molecular weight excluding hydrogens is 250 g/mol. The lowest BCUT2D eigenvalue weighted by Gasteiger charge is -2.21. The number of nitrogens with two attached hydrogens (primary N) is 1. The van der Waals surface area contributed by atoms with E-state index in [-0.39, 0.29) is 11.1 Å². The summed E-state index contributed by atoms with van der Waals surface area (Å²) in [6, 6.07) is 9.62. The van der Waals surface area contributed by atoms with E-state index in [9.17, 15) is 5.11 Å². The van der Waals surface area contributed by atoms with Gasteiger partial charge in [-0.3, -0.25) is 0 Å². The molecular formula is C14H16ClNO2. The van der Waals surface area contributed by atoms with Crippen LogP contribution in [0, 0.1) is 6.92 Å². The summed E-state index contributed by atoms with van der Waals surface area (Å²) in [4.78, 5) is 0. The van der Waals surface area contributed by atoms with E-state index in [1.165, 1.54) is 6.26 Å². The van der Waals surface area contributed by atoms with E-state index in [0.717, 1.165) is 11.1 Å². The lowest BCUT2D eigenvalue weighted by Crippen LogP contribution is -2.20. The van der Waals surface area contributed by atoms with Crippen LogP contribution in [-0.2, 0) is 0 Å². The standard InChI is InChI=1S/C14H16ClNO2/c1-9-3-2-4-10(7-9)12(8-16)13(17)11-5-6-18-14(11)15/h2-7,12-13,17H,8,16H2,1H3. The third-order valence-electron chi connectivity index (χ3n) is 3.07. The quantitative estimate of drug-likeness (QED) is 0.893. The second-order valence-corrected chi connectivity index (χ2v) is 4.69. The molecule has 0 aliphatic carbocycles. The summed E-state index contributed by atoms with van der Waals surface area (Å²) < 4.78 is 5.00. The van der Waals surface area contributed by atoms with Crippen LogP contribution >= 0.6 is 11.6 Å². The largest absolute Gasteiger partial charge is 0.453 e. The molecule has 0 spiro atoms. The smallest absolute Gasteiger partial charge is 0.198 e. The minimum atomic E-state index is -0.761. The van der Waals surface area contributed by atoms with Crippen molar-refractivity contribution in [1.29, 1.82) is 0 Å². The lowest BCUT2D eigenvalue weighted by atomic mass is 9.89. The summed E-state index contributed by atoms with van der Waals surface area (Å²) in [6.45, 7) is 2.35. The number of aliphatic hydroxyl groups is 1. The van der Waals surface area contributed by atoms with Gasteiger partial charge in [-0.15, -0.1) is 0 Å². The van der Waals surface area contributed by atoms with E-state index in [4.69, 9.17) is 21.8 Å². The van der Waals surface area contributed by atoms with E-state index in [1.807, 2.05) is 31.2 Å². The second kappa shape index (κ2) is 5.57. The van der Waals surface area contributed by atoms with E-state index in [2.05, 4.69) is 0 Å². The number of aliphatic hydroxyl groups excluding tert-OH is 1. The van der Waals surface area contributed by atoms with Crippen LogP contribution in [0.3, 0.4) is 0 Å². The molecule has 2 rings (SSSR count). The molecule has 18 heavy (non-hydrogen) atoms. The number of rotatable bonds is 4. The van der Waals surface area contributed by atoms with Crippen molar-refractivity contribution in [3.8, 4) is 0 Å². The Hall–Kier alpha value is -1.29. The normalized spacial score (nSPS) is 14.4. The summed E-state index contributed by atoms with van der Waals surface area (Å²) in [5.41, 5.74) is 8.49. The van der Waals surface area contributed by atoms with Crippen molar-refractivity contribution in [3.05, 3.63) is 58.5 Å². The highest BCUT2D eigenvalue weighted by molar-refractivity contribution is 6.29. The van der Waals surface area contributed by atoms with E-state index < -0.39 is 6.10 Å². The zero-order valence-electron chi connectivity index (χ0n) is 10.1. The van der Waals surface area contributed by atoms with Crippen molar-refractivity contribution >= 4 is 11.6 Å². The molecule has 0 aliphatic heterocycles. The highest BCUT2D eigenvalue weighted by atomic mass is 35.5. The Morgan fingerprint density at radius 2 is 2.17 bits per heavy atom. The molecule has 2 unspecified atom stereocenters. The van der Waals surface area contributed by atoms with Gasteiger partial charge in [-0.25, -0.2) is 0 Å². The van der Waals surface area contributed by atoms with Gasteiger partial charge < -0.3 is 15.3 Å². The first-order chi connectivity index (χ1) is 8.63. The van der Waals surface area contributed by atoms with Crippen LogP contribution in [-0.4, -0.2) is 11.7 Å². The van der Waals surface area contributed by atoms with Gasteiger partial charge in [0.2, 0.25) is 0 Å². The molecule has 2 atom stereocenters. The summed E-state index contributed by atoms with van der Waals surface area (Å²) in [7, 11) is 0. The number of hydrogen-bond acceptors (Lipinski definition) is 3. The number of aryl methyl sites for hydroxylation is 1. The maximum absolute atomic E-state index is 10.4. The predicted octanol–water partition coefficient (Wildman–Crippen LogP) is 3.02. The monoisotopic (exact) mass is 265 g/mol. The van der Waals surface area contributed by atoms with Gasteiger partial charge in [0.1, 0.15) is 0 Å². The minimum absolute atomic E-state index is 0.194. The highest BCUT2D eigenvalue weighted by Crippen LogP contribution is 2.34. The molecule has 1 aromatic carbocycles. The number of benzene rings is 1. The molecule has 3 N–H and O–H groups in total. The summed E-state index contributed by atoms with van der Waals surface area (Å²) in [5, 5.41) is 10.6. The summed E-state index contributed by atoms with van der Waals surface area (Å²) >= 11 is 5.89. The Morgan fingerprint density at radius 3 is 2.72 bits per heavy atom. The van der Waals surface area contributed by atoms with Gasteiger partial charge in [-0.05, 0) is 30.2 Å². The fraction of sp³-hybridized carbons (Fsp3) is 0.286. The maximum atomic E-state index is 10.4. The number of hydrogen-bond donors (Lipinski definition) is 2. The topological polar surface area (TPSA) is 59.4 Å². The van der Waals surface area contributed by atoms with E-state index >= 15 is 0 Å². The first kappa shape index (κ1) is 13.1. The van der Waals surface area contributed by atoms with Gasteiger partial charge >= 0.3 is 0 Å². The van der Waals surface area contributed by atoms with Gasteiger partial charge in [0.15, 0.2) is 5.22 Å². The average Bonchev–Trinajstić information content (AvgIpc) is 2.76. The highest BCUT2D eigenvalue weighted by Gasteiger charge is 2.24. The zero-order chi connectivity index (χ0) is 13.1. The van der Waals surface area contributed by atoms with Gasteiger partial charge in [0.05, 0.1) is 12.4 Å². The third kappa shape index (κ3) is 2.58. The van der Waals surface area contributed by atoms with Crippen molar-refractivity contribution in [3.63, 3.8) is 0 Å². The molecule has 4 heteroatoms. The Morgan fingerprint density at radius 1 is 1.39 bits per heavy atom. The van der Waals surface area contributed by atoms with Crippen LogP contribution in [0.15, 0.2) is 41.0 Å². The van der Waals surface area contributed by atoms with Crippen molar-refractivity contribution in [2.45, 2.75) is 18.9 Å². The van der Waals surface area contributed by atoms with Crippen molar-refractivity contribution in [2.24, 2.45) is 5.73 Å². The molecule has 0 radical (unpaired) electrons. The molecule has 0 fully saturated rings. The first-order valence-corrected chi connectivity index (χ1v) is 6.19. The minimum Gasteiger partial charge on any atom is -0.453 e. The number of halogens is 1. The molecule has 0 saturated heterocycles. The van der Waals surface area contributed by atoms with Crippen LogP contribution < -0.4 is 5.73 Å². The van der Waals surface area contributed by atoms with Gasteiger partial charge in [-0.1, -0.05) is 29.8 Å². The van der Waals surface area contributed by atoms with Crippen LogP contribution in [0.2, 0.25) is 5.22 Å². The molecule has 0 bridgehead atoms. The molecule has 0 aliphatic rings. The first-order valence-electron chi connectivity index (χ1n) is 5.81. The molecule has 2 aromatic rings. The molecule has 1 aromatic heterocycles. The van der Waals surface area contributed by atoms with Crippen LogP contribution in [0.25, 0.3) is 0 Å². The van der Waals surface area contributed by atoms with Crippen LogP contribution in [0.1, 0.15) is 28.7 Å². The van der Waals surface area contributed by atoms with Crippen molar-refractivity contribution in [1.82, 2.24) is 0 Å². The fourth-order valence-electron chi connectivity index (χ4n) is 2.08. The molecule has 1 heterocycles. The van der Waals surface area contributed by atoms with E-state index in [1.54, 1.807) is 6.07 Å². The molecule has 0 amide bonds. The third-order valence-corrected chi connectivity index (χ3v) is 3.38. The van der Waals surface area contributed by atoms with E-state index in [0.29, 0.717) is 12.1 Å². The Bertz CT molecular complexity index is 524. The Labute approximate surface area is 111 Å². The molecule has 0 saturated carbocycles. The van der Waals surface area contributed by atoms with Crippen LogP contribution in [0.4, 0.5) is 0 Å². The Balaban J connectivity index is 2.32. The van der Waals surface area contributed by atoms with Gasteiger partial charge in [0, 0.05) is 18.0 Å². The van der Waals surface area contributed by atoms with Gasteiger partial charge in [0.25, 0.3) is 0 Å². The fourth-order valence-corrected chi connectivity index (χ4v) is 2.31. The molecule has 3 nitrogen and oxygen atoms in total. The van der Waals surface area contributed by atoms with Crippen LogP contribution in [0.5, 0.6) is 0 Å². The SMILES string of the molecule is Cc1cccc(C(CN)C(O)c2ccoc2Cl)c1. The summed E-state index contributed by atoms with van der Waals surface area (Å²) in [5.74, 6) is -0.194.